The monoisotopic (exact) mass is 307 g/mol. The first-order chi connectivity index (χ1) is 11.2. The number of nitrogens with zero attached hydrogens (tertiary/aromatic N) is 1. The molecule has 0 spiro atoms. The first-order valence-electron chi connectivity index (χ1n) is 8.59. The molecule has 118 valence electrons. The van der Waals surface area contributed by atoms with Gasteiger partial charge in [0, 0.05) is 10.8 Å². The molecule has 0 saturated carbocycles. The molecule has 1 N–H and O–H groups in total. The van der Waals surface area contributed by atoms with Gasteiger partial charge in [0.2, 0.25) is 0 Å². The summed E-state index contributed by atoms with van der Waals surface area (Å²) in [7, 11) is 0. The third-order valence-corrected chi connectivity index (χ3v) is 5.21. The smallest absolute Gasteiger partial charge is 0.286 e. The summed E-state index contributed by atoms with van der Waals surface area (Å²) in [5.41, 5.74) is 2.06. The highest BCUT2D eigenvalue weighted by atomic mass is 16.2. The normalized spacial score (nSPS) is 21.8. The van der Waals surface area contributed by atoms with E-state index < -0.39 is 0 Å². The van der Waals surface area contributed by atoms with Crippen molar-refractivity contribution in [1.29, 1.82) is 0 Å². The second-order valence-corrected chi connectivity index (χ2v) is 6.87. The van der Waals surface area contributed by atoms with Crippen LogP contribution >= 0.6 is 0 Å². The van der Waals surface area contributed by atoms with Crippen LogP contribution < -0.4 is 4.90 Å². The van der Waals surface area contributed by atoms with Gasteiger partial charge >= 0.3 is 0 Å². The quantitative estimate of drug-likeness (QED) is 0.774. The number of hydrogen-bond donors (Lipinski definition) is 1. The maximum absolute atomic E-state index is 13.0. The molecule has 1 aliphatic heterocycles. The van der Waals surface area contributed by atoms with Gasteiger partial charge in [-0.05, 0) is 30.9 Å². The third kappa shape index (κ3) is 2.55. The van der Waals surface area contributed by atoms with Crippen LogP contribution in [-0.4, -0.2) is 30.1 Å². The van der Waals surface area contributed by atoms with Crippen molar-refractivity contribution in [3.63, 3.8) is 0 Å². The lowest BCUT2D eigenvalue weighted by Crippen LogP contribution is -3.14. The second kappa shape index (κ2) is 5.82. The van der Waals surface area contributed by atoms with Gasteiger partial charge in [0.05, 0.1) is 24.1 Å². The van der Waals surface area contributed by atoms with E-state index in [0.717, 1.165) is 30.0 Å². The molecule has 1 aromatic heterocycles. The van der Waals surface area contributed by atoms with Gasteiger partial charge in [0.1, 0.15) is 0 Å². The van der Waals surface area contributed by atoms with E-state index in [4.69, 9.17) is 0 Å². The lowest BCUT2D eigenvalue weighted by atomic mass is 9.99. The first-order valence-corrected chi connectivity index (χ1v) is 8.59. The molecule has 1 saturated heterocycles. The minimum atomic E-state index is 0.215. The van der Waals surface area contributed by atoms with Crippen LogP contribution in [0, 0.1) is 5.92 Å². The van der Waals surface area contributed by atoms with Crippen LogP contribution in [0.5, 0.6) is 0 Å². The summed E-state index contributed by atoms with van der Waals surface area (Å²) >= 11 is 0. The van der Waals surface area contributed by atoms with Crippen molar-refractivity contribution >= 4 is 27.7 Å². The number of quaternary nitrogens is 1. The molecule has 0 aliphatic carbocycles. The van der Waals surface area contributed by atoms with Crippen molar-refractivity contribution in [2.24, 2.45) is 5.92 Å². The fourth-order valence-electron chi connectivity index (χ4n) is 3.83. The van der Waals surface area contributed by atoms with E-state index in [2.05, 4.69) is 31.2 Å². The number of carbonyl (C=O) groups excluding carboxylic acids is 1. The highest BCUT2D eigenvalue weighted by Crippen LogP contribution is 2.28. The van der Waals surface area contributed by atoms with Gasteiger partial charge in [-0.1, -0.05) is 43.3 Å². The van der Waals surface area contributed by atoms with Gasteiger partial charge in [-0.2, -0.15) is 0 Å². The van der Waals surface area contributed by atoms with Gasteiger partial charge < -0.3 is 4.90 Å². The molecular formula is C20H23N2O+. The molecule has 3 heteroatoms. The Morgan fingerprint density at radius 1 is 1.00 bits per heavy atom. The Morgan fingerprint density at radius 2 is 1.52 bits per heavy atom. The van der Waals surface area contributed by atoms with Gasteiger partial charge in [0.15, 0.2) is 6.54 Å². The van der Waals surface area contributed by atoms with Crippen LogP contribution in [0.25, 0.3) is 21.8 Å². The summed E-state index contributed by atoms with van der Waals surface area (Å²) < 4.78 is 1.93. The van der Waals surface area contributed by atoms with Crippen molar-refractivity contribution < 1.29 is 9.69 Å². The Kier molecular flexibility index (Phi) is 3.66. The molecule has 0 amide bonds. The van der Waals surface area contributed by atoms with E-state index in [1.54, 1.807) is 0 Å². The molecule has 23 heavy (non-hydrogen) atoms. The molecule has 1 aliphatic rings. The Morgan fingerprint density at radius 3 is 2.09 bits per heavy atom. The van der Waals surface area contributed by atoms with E-state index in [-0.39, 0.29) is 5.91 Å². The third-order valence-electron chi connectivity index (χ3n) is 5.21. The maximum Gasteiger partial charge on any atom is 0.286 e. The fourth-order valence-corrected chi connectivity index (χ4v) is 3.83. The molecular weight excluding hydrogens is 284 g/mol. The largest absolute Gasteiger partial charge is 0.327 e. The number of piperidine rings is 1. The minimum Gasteiger partial charge on any atom is -0.327 e. The summed E-state index contributed by atoms with van der Waals surface area (Å²) in [6.07, 6.45) is 2.46. The average Bonchev–Trinajstić information content (AvgIpc) is 2.91. The molecule has 1 fully saturated rings. The van der Waals surface area contributed by atoms with Gasteiger partial charge in [-0.25, -0.2) is 0 Å². The number of likely N-dealkylation sites (tertiary alicyclic amines) is 1. The van der Waals surface area contributed by atoms with E-state index >= 15 is 0 Å². The number of fused-ring (bicyclic) bond motifs is 3. The van der Waals surface area contributed by atoms with Gasteiger partial charge in [-0.15, -0.1) is 0 Å². The lowest BCUT2D eigenvalue weighted by molar-refractivity contribution is -0.897. The molecule has 4 rings (SSSR count). The molecule has 2 heterocycles. The zero-order valence-corrected chi connectivity index (χ0v) is 13.6. The number of aromatic nitrogens is 1. The molecule has 0 bridgehead atoms. The zero-order chi connectivity index (χ0) is 15.8. The second-order valence-electron chi connectivity index (χ2n) is 6.87. The van der Waals surface area contributed by atoms with Crippen LogP contribution in [0.4, 0.5) is 0 Å². The number of carbonyl (C=O) groups is 1. The zero-order valence-electron chi connectivity index (χ0n) is 13.6. The van der Waals surface area contributed by atoms with Crippen molar-refractivity contribution in [2.75, 3.05) is 19.6 Å². The summed E-state index contributed by atoms with van der Waals surface area (Å²) in [5.74, 6) is 1.02. The van der Waals surface area contributed by atoms with Gasteiger partial charge in [0.25, 0.3) is 5.91 Å². The van der Waals surface area contributed by atoms with Crippen molar-refractivity contribution in [2.45, 2.75) is 19.8 Å². The predicted molar refractivity (Wildman–Crippen MR) is 94.0 cm³/mol. The molecule has 0 atom stereocenters. The Labute approximate surface area is 136 Å². The van der Waals surface area contributed by atoms with E-state index in [1.807, 2.05) is 28.8 Å². The molecule has 0 unspecified atom stereocenters. The highest BCUT2D eigenvalue weighted by Gasteiger charge is 2.24. The molecule has 3 nitrogen and oxygen atoms in total. The Bertz CT molecular complexity index is 803. The SMILES string of the molecule is CC1CC[NH+](CC(=O)n2c3ccccc3c3ccccc32)CC1. The average molecular weight is 307 g/mol. The summed E-state index contributed by atoms with van der Waals surface area (Å²) in [6.45, 7) is 5.13. The van der Waals surface area contributed by atoms with Crippen LogP contribution in [-0.2, 0) is 0 Å². The lowest BCUT2D eigenvalue weighted by Gasteiger charge is -2.26. The number of hydrogen-bond acceptors (Lipinski definition) is 1. The number of para-hydroxylation sites is 2. The summed E-state index contributed by atoms with van der Waals surface area (Å²) in [5, 5.41) is 2.33. The van der Waals surface area contributed by atoms with Crippen LogP contribution in [0.2, 0.25) is 0 Å². The standard InChI is InChI=1S/C20H22N2O/c1-15-10-12-21(13-11-15)14-20(23)22-18-8-4-2-6-16(18)17-7-3-5-9-19(17)22/h2-9,15H,10-14H2,1H3/p+1. The first kappa shape index (κ1) is 14.5. The van der Waals surface area contributed by atoms with E-state index in [0.29, 0.717) is 6.54 Å². The van der Waals surface area contributed by atoms with Gasteiger partial charge in [-0.3, -0.25) is 9.36 Å². The van der Waals surface area contributed by atoms with E-state index in [1.165, 1.54) is 28.5 Å². The van der Waals surface area contributed by atoms with Crippen molar-refractivity contribution in [3.8, 4) is 0 Å². The van der Waals surface area contributed by atoms with Crippen molar-refractivity contribution in [3.05, 3.63) is 48.5 Å². The topological polar surface area (TPSA) is 26.4 Å². The molecule has 0 radical (unpaired) electrons. The van der Waals surface area contributed by atoms with Crippen molar-refractivity contribution in [1.82, 2.24) is 4.57 Å². The highest BCUT2D eigenvalue weighted by molar-refractivity contribution is 6.13. The fraction of sp³-hybridized carbons (Fsp3) is 0.350. The number of benzene rings is 2. The van der Waals surface area contributed by atoms with Crippen LogP contribution in [0.3, 0.4) is 0 Å². The Balaban J connectivity index is 1.73. The Hall–Kier alpha value is -2.13. The molecule has 3 aromatic rings. The maximum atomic E-state index is 13.0. The van der Waals surface area contributed by atoms with E-state index in [9.17, 15) is 4.79 Å². The summed E-state index contributed by atoms with van der Waals surface area (Å²) in [6, 6.07) is 16.4. The van der Waals surface area contributed by atoms with Crippen LogP contribution in [0.1, 0.15) is 24.6 Å². The van der Waals surface area contributed by atoms with Crippen LogP contribution in [0.15, 0.2) is 48.5 Å². The molecule has 2 aromatic carbocycles. The number of nitrogens with one attached hydrogen (secondary N) is 1. The summed E-state index contributed by atoms with van der Waals surface area (Å²) in [4.78, 5) is 14.5. The minimum absolute atomic E-state index is 0.215. The number of rotatable bonds is 2. The predicted octanol–water partition coefficient (Wildman–Crippen LogP) is 2.75.